The monoisotopic (exact) mass is 470 g/mol. The Hall–Kier alpha value is -3.43. The van der Waals surface area contributed by atoms with Gasteiger partial charge in [-0.2, -0.15) is 4.72 Å². The first kappa shape index (κ1) is 22.8. The molecule has 1 atom stereocenters. The molecule has 0 radical (unpaired) electrons. The van der Waals surface area contributed by atoms with E-state index in [9.17, 15) is 17.6 Å². The Labute approximate surface area is 191 Å². The maximum Gasteiger partial charge on any atom is 0.241 e. The summed E-state index contributed by atoms with van der Waals surface area (Å²) < 4.78 is 52.8. The van der Waals surface area contributed by atoms with Crippen LogP contribution >= 0.6 is 0 Å². The molecule has 7 nitrogen and oxygen atoms in total. The summed E-state index contributed by atoms with van der Waals surface area (Å²) in [7, 11) is -4.04. The highest BCUT2D eigenvalue weighted by Gasteiger charge is 2.27. The highest BCUT2D eigenvalue weighted by molar-refractivity contribution is 7.89. The second-order valence-corrected chi connectivity index (χ2v) is 9.23. The van der Waals surface area contributed by atoms with E-state index in [1.54, 1.807) is 12.1 Å². The first-order valence-electron chi connectivity index (χ1n) is 10.4. The maximum atomic E-state index is 13.1. The van der Waals surface area contributed by atoms with Crippen LogP contribution in [-0.4, -0.2) is 33.6 Å². The van der Waals surface area contributed by atoms with Crippen molar-refractivity contribution in [3.05, 3.63) is 89.7 Å². The van der Waals surface area contributed by atoms with Crippen molar-refractivity contribution in [1.29, 1.82) is 0 Å². The van der Waals surface area contributed by atoms with Crippen molar-refractivity contribution in [2.75, 3.05) is 13.2 Å². The molecule has 33 heavy (non-hydrogen) atoms. The van der Waals surface area contributed by atoms with Crippen LogP contribution in [0.4, 0.5) is 4.39 Å². The molecule has 0 aliphatic carbocycles. The predicted molar refractivity (Wildman–Crippen MR) is 120 cm³/mol. The molecule has 2 N–H and O–H groups in total. The van der Waals surface area contributed by atoms with E-state index in [0.29, 0.717) is 30.3 Å². The van der Waals surface area contributed by atoms with Crippen molar-refractivity contribution in [2.45, 2.75) is 23.9 Å². The Bertz CT molecular complexity index is 1220. The maximum absolute atomic E-state index is 13.1. The summed E-state index contributed by atoms with van der Waals surface area (Å²) in [5, 5.41) is 2.73. The molecule has 3 aromatic rings. The Balaban J connectivity index is 1.53. The minimum Gasteiger partial charge on any atom is -0.486 e. The molecule has 0 saturated heterocycles. The third-order valence-electron chi connectivity index (χ3n) is 5.10. The Morgan fingerprint density at radius 3 is 2.33 bits per heavy atom. The van der Waals surface area contributed by atoms with Crippen LogP contribution in [-0.2, 0) is 27.8 Å². The van der Waals surface area contributed by atoms with Crippen molar-refractivity contribution in [1.82, 2.24) is 10.0 Å². The normalized spacial score (nSPS) is 13.8. The van der Waals surface area contributed by atoms with Gasteiger partial charge in [0, 0.05) is 12.6 Å². The van der Waals surface area contributed by atoms with Gasteiger partial charge < -0.3 is 14.8 Å². The Morgan fingerprint density at radius 2 is 1.61 bits per heavy atom. The second-order valence-electron chi connectivity index (χ2n) is 7.51. The number of carbonyl (C=O) groups excluding carboxylic acids is 1. The number of rotatable bonds is 8. The van der Waals surface area contributed by atoms with E-state index in [1.165, 1.54) is 30.3 Å². The van der Waals surface area contributed by atoms with Gasteiger partial charge in [0.05, 0.1) is 4.90 Å². The van der Waals surface area contributed by atoms with E-state index in [-0.39, 0.29) is 23.7 Å². The average molecular weight is 471 g/mol. The second kappa shape index (κ2) is 10.0. The van der Waals surface area contributed by atoms with Crippen LogP contribution in [0.1, 0.15) is 11.1 Å². The lowest BCUT2D eigenvalue weighted by Crippen LogP contribution is -2.47. The third-order valence-corrected chi connectivity index (χ3v) is 6.57. The summed E-state index contributed by atoms with van der Waals surface area (Å²) in [5.74, 6) is -0.0638. The van der Waals surface area contributed by atoms with Crippen LogP contribution in [0.2, 0.25) is 0 Å². The van der Waals surface area contributed by atoms with Crippen molar-refractivity contribution in [2.24, 2.45) is 0 Å². The van der Waals surface area contributed by atoms with Crippen LogP contribution in [0.3, 0.4) is 0 Å². The molecule has 0 fully saturated rings. The molecule has 3 aromatic carbocycles. The van der Waals surface area contributed by atoms with E-state index in [2.05, 4.69) is 10.0 Å². The fourth-order valence-corrected chi connectivity index (χ4v) is 4.61. The zero-order valence-electron chi connectivity index (χ0n) is 17.7. The molecule has 1 aliphatic rings. The lowest BCUT2D eigenvalue weighted by molar-refractivity contribution is -0.122. The van der Waals surface area contributed by atoms with E-state index < -0.39 is 22.0 Å². The van der Waals surface area contributed by atoms with E-state index in [4.69, 9.17) is 9.47 Å². The van der Waals surface area contributed by atoms with Crippen molar-refractivity contribution in [3.63, 3.8) is 0 Å². The molecule has 9 heteroatoms. The number of amides is 1. The standard InChI is InChI=1S/C24H23FN2O5S/c25-19-8-6-18(7-9-19)16-26-24(28)21(14-17-4-2-1-3-5-17)27-33(29,30)20-10-11-22-23(15-20)32-13-12-31-22/h1-11,15,21,27H,12-14,16H2,(H,26,28)/t21-/m0/s1. The topological polar surface area (TPSA) is 93.7 Å². The molecular weight excluding hydrogens is 447 g/mol. The quantitative estimate of drug-likeness (QED) is 0.528. The Kier molecular flexibility index (Phi) is 6.90. The molecule has 0 saturated carbocycles. The molecule has 0 aromatic heterocycles. The summed E-state index contributed by atoms with van der Waals surface area (Å²) in [4.78, 5) is 12.9. The molecule has 1 aliphatic heterocycles. The van der Waals surface area contributed by atoms with Crippen LogP contribution < -0.4 is 19.5 Å². The van der Waals surface area contributed by atoms with Crippen LogP contribution in [0.15, 0.2) is 77.7 Å². The lowest BCUT2D eigenvalue weighted by Gasteiger charge is -2.21. The van der Waals surface area contributed by atoms with Gasteiger partial charge in [-0.1, -0.05) is 42.5 Å². The third kappa shape index (κ3) is 5.88. The number of benzene rings is 3. The average Bonchev–Trinajstić information content (AvgIpc) is 2.83. The molecule has 1 amide bonds. The number of hydrogen-bond donors (Lipinski definition) is 2. The predicted octanol–water partition coefficient (Wildman–Crippen LogP) is 2.80. The number of fused-ring (bicyclic) bond motifs is 1. The number of ether oxygens (including phenoxy) is 2. The van der Waals surface area contributed by atoms with Gasteiger partial charge in [-0.3, -0.25) is 4.79 Å². The van der Waals surface area contributed by atoms with Gasteiger partial charge in [-0.25, -0.2) is 12.8 Å². The molecule has 0 bridgehead atoms. The molecule has 1 heterocycles. The number of halogens is 1. The fourth-order valence-electron chi connectivity index (χ4n) is 3.40. The number of sulfonamides is 1. The number of hydrogen-bond acceptors (Lipinski definition) is 5. The van der Waals surface area contributed by atoms with Gasteiger partial charge >= 0.3 is 0 Å². The van der Waals surface area contributed by atoms with Gasteiger partial charge in [0.2, 0.25) is 15.9 Å². The molecule has 172 valence electrons. The highest BCUT2D eigenvalue weighted by Crippen LogP contribution is 2.32. The van der Waals surface area contributed by atoms with Crippen molar-refractivity contribution < 1.29 is 27.1 Å². The summed E-state index contributed by atoms with van der Waals surface area (Å²) in [6.07, 6.45) is 0.153. The van der Waals surface area contributed by atoms with Gasteiger partial charge in [0.25, 0.3) is 0 Å². The van der Waals surface area contributed by atoms with Gasteiger partial charge in [-0.05, 0) is 41.8 Å². The minimum atomic E-state index is -4.04. The molecule has 4 rings (SSSR count). The van der Waals surface area contributed by atoms with Gasteiger partial charge in [-0.15, -0.1) is 0 Å². The van der Waals surface area contributed by atoms with Crippen molar-refractivity contribution >= 4 is 15.9 Å². The molecule has 0 unspecified atom stereocenters. The lowest BCUT2D eigenvalue weighted by atomic mass is 10.1. The van der Waals surface area contributed by atoms with Gasteiger partial charge in [0.15, 0.2) is 11.5 Å². The minimum absolute atomic E-state index is 0.0313. The summed E-state index contributed by atoms with van der Waals surface area (Å²) in [6, 6.07) is 18.1. The van der Waals surface area contributed by atoms with Crippen molar-refractivity contribution in [3.8, 4) is 11.5 Å². The number of nitrogens with one attached hydrogen (secondary N) is 2. The Morgan fingerprint density at radius 1 is 0.909 bits per heavy atom. The first-order chi connectivity index (χ1) is 15.9. The molecular formula is C24H23FN2O5S. The molecule has 0 spiro atoms. The smallest absolute Gasteiger partial charge is 0.241 e. The summed E-state index contributed by atoms with van der Waals surface area (Å²) in [6.45, 7) is 0.854. The highest BCUT2D eigenvalue weighted by atomic mass is 32.2. The zero-order chi connectivity index (χ0) is 23.3. The number of carbonyl (C=O) groups is 1. The van der Waals surface area contributed by atoms with E-state index in [1.807, 2.05) is 30.3 Å². The van der Waals surface area contributed by atoms with Gasteiger partial charge in [0.1, 0.15) is 25.1 Å². The SMILES string of the molecule is O=C(NCc1ccc(F)cc1)[C@H](Cc1ccccc1)NS(=O)(=O)c1ccc2c(c1)OCCO2. The fraction of sp³-hybridized carbons (Fsp3) is 0.208. The van der Waals surface area contributed by atoms with Crippen LogP contribution in [0.25, 0.3) is 0 Å². The summed E-state index contributed by atoms with van der Waals surface area (Å²) >= 11 is 0. The largest absolute Gasteiger partial charge is 0.486 e. The van der Waals surface area contributed by atoms with E-state index in [0.717, 1.165) is 5.56 Å². The van der Waals surface area contributed by atoms with Crippen LogP contribution in [0.5, 0.6) is 11.5 Å². The van der Waals surface area contributed by atoms with Crippen LogP contribution in [0, 0.1) is 5.82 Å². The summed E-state index contributed by atoms with van der Waals surface area (Å²) in [5.41, 5.74) is 1.49. The van der Waals surface area contributed by atoms with E-state index >= 15 is 0 Å². The zero-order valence-corrected chi connectivity index (χ0v) is 18.5. The first-order valence-corrected chi connectivity index (χ1v) is 11.9.